The Morgan fingerprint density at radius 3 is 2.89 bits per heavy atom. The third-order valence-corrected chi connectivity index (χ3v) is 4.16. The van der Waals surface area contributed by atoms with Crippen LogP contribution in [0.2, 0.25) is 0 Å². The van der Waals surface area contributed by atoms with E-state index in [1.807, 2.05) is 6.07 Å². The first kappa shape index (κ1) is 16.7. The van der Waals surface area contributed by atoms with Gasteiger partial charge in [0, 0.05) is 5.56 Å². The number of nitrogens with zero attached hydrogens (tertiary/aromatic N) is 2. The summed E-state index contributed by atoms with van der Waals surface area (Å²) in [6.45, 7) is 1.95. The summed E-state index contributed by atoms with van der Waals surface area (Å²) in [5.41, 5.74) is 2.16. The summed E-state index contributed by atoms with van der Waals surface area (Å²) in [5, 5.41) is 11.9. The average molecular weight is 361 g/mol. The van der Waals surface area contributed by atoms with Gasteiger partial charge in [-0.05, 0) is 37.3 Å². The van der Waals surface area contributed by atoms with Crippen LogP contribution in [0.1, 0.15) is 17.0 Å². The first-order chi connectivity index (χ1) is 13.1. The number of rotatable bonds is 4. The van der Waals surface area contributed by atoms with Gasteiger partial charge in [0.15, 0.2) is 11.5 Å². The number of oxazole rings is 1. The minimum Gasteiger partial charge on any atom is -0.454 e. The maximum absolute atomic E-state index is 12.4. The minimum absolute atomic E-state index is 0.0413. The number of anilines is 1. The number of nitriles is 1. The van der Waals surface area contributed by atoms with Crippen LogP contribution in [-0.2, 0) is 11.2 Å². The molecule has 0 atom stereocenters. The third-order valence-electron chi connectivity index (χ3n) is 4.16. The molecule has 2 aromatic carbocycles. The van der Waals surface area contributed by atoms with E-state index < -0.39 is 0 Å². The Morgan fingerprint density at radius 2 is 2.04 bits per heavy atom. The fourth-order valence-corrected chi connectivity index (χ4v) is 2.78. The van der Waals surface area contributed by atoms with E-state index in [1.54, 1.807) is 43.3 Å². The van der Waals surface area contributed by atoms with E-state index in [0.29, 0.717) is 40.1 Å². The minimum atomic E-state index is -0.272. The Balaban J connectivity index is 1.52. The van der Waals surface area contributed by atoms with Crippen molar-refractivity contribution in [2.45, 2.75) is 13.3 Å². The standard InChI is InChI=1S/C20H15N3O4/c1-12-16(9-19(24)22-15-5-3-2-4-14(15)10-21)23-20(27-12)13-6-7-17-18(8-13)26-11-25-17/h2-8H,9,11H2,1H3,(H,22,24). The van der Waals surface area contributed by atoms with Crippen LogP contribution in [0.15, 0.2) is 46.9 Å². The number of hydrogen-bond donors (Lipinski definition) is 1. The second kappa shape index (κ2) is 6.84. The van der Waals surface area contributed by atoms with Gasteiger partial charge in [0.25, 0.3) is 0 Å². The molecule has 134 valence electrons. The molecular formula is C20H15N3O4. The van der Waals surface area contributed by atoms with E-state index in [9.17, 15) is 4.79 Å². The predicted molar refractivity (Wildman–Crippen MR) is 96.3 cm³/mol. The monoisotopic (exact) mass is 361 g/mol. The molecular weight excluding hydrogens is 346 g/mol. The highest BCUT2D eigenvalue weighted by molar-refractivity contribution is 5.93. The quantitative estimate of drug-likeness (QED) is 0.764. The number of para-hydroxylation sites is 1. The number of fused-ring (bicyclic) bond motifs is 1. The summed E-state index contributed by atoms with van der Waals surface area (Å²) in [7, 11) is 0. The number of nitrogens with one attached hydrogen (secondary N) is 1. The zero-order valence-electron chi connectivity index (χ0n) is 14.5. The van der Waals surface area contributed by atoms with Crippen molar-refractivity contribution in [2.75, 3.05) is 12.1 Å². The molecule has 0 spiro atoms. The fraction of sp³-hybridized carbons (Fsp3) is 0.150. The Bertz CT molecular complexity index is 1070. The van der Waals surface area contributed by atoms with E-state index in [2.05, 4.69) is 16.4 Å². The SMILES string of the molecule is Cc1oc(-c2ccc3c(c2)OCO3)nc1CC(=O)Nc1ccccc1C#N. The van der Waals surface area contributed by atoms with Gasteiger partial charge in [-0.1, -0.05) is 12.1 Å². The molecule has 0 radical (unpaired) electrons. The summed E-state index contributed by atoms with van der Waals surface area (Å²) in [4.78, 5) is 16.8. The highest BCUT2D eigenvalue weighted by Crippen LogP contribution is 2.36. The van der Waals surface area contributed by atoms with Crippen molar-refractivity contribution in [3.8, 4) is 29.0 Å². The molecule has 4 rings (SSSR count). The van der Waals surface area contributed by atoms with Crippen molar-refractivity contribution in [1.29, 1.82) is 5.26 Å². The van der Waals surface area contributed by atoms with E-state index in [-0.39, 0.29) is 19.1 Å². The van der Waals surface area contributed by atoms with Gasteiger partial charge in [0.05, 0.1) is 23.4 Å². The summed E-state index contributed by atoms with van der Waals surface area (Å²) < 4.78 is 16.4. The second-order valence-corrected chi connectivity index (χ2v) is 5.97. The molecule has 0 fully saturated rings. The number of carbonyl (C=O) groups is 1. The molecule has 1 amide bonds. The van der Waals surface area contributed by atoms with Gasteiger partial charge in [-0.15, -0.1) is 0 Å². The van der Waals surface area contributed by atoms with Crippen molar-refractivity contribution in [3.63, 3.8) is 0 Å². The van der Waals surface area contributed by atoms with Crippen molar-refractivity contribution >= 4 is 11.6 Å². The summed E-state index contributed by atoms with van der Waals surface area (Å²) in [6.07, 6.45) is 0.0413. The van der Waals surface area contributed by atoms with Gasteiger partial charge in [0.2, 0.25) is 18.6 Å². The molecule has 1 aromatic heterocycles. The first-order valence-corrected chi connectivity index (χ1v) is 8.29. The zero-order valence-corrected chi connectivity index (χ0v) is 14.5. The maximum Gasteiger partial charge on any atom is 0.231 e. The smallest absolute Gasteiger partial charge is 0.231 e. The highest BCUT2D eigenvalue weighted by atomic mass is 16.7. The molecule has 1 N–H and O–H groups in total. The van der Waals surface area contributed by atoms with E-state index in [0.717, 1.165) is 5.56 Å². The van der Waals surface area contributed by atoms with Crippen LogP contribution in [0.25, 0.3) is 11.5 Å². The van der Waals surface area contributed by atoms with Gasteiger partial charge in [-0.3, -0.25) is 4.79 Å². The summed E-state index contributed by atoms with van der Waals surface area (Å²) in [5.74, 6) is 2.01. The van der Waals surface area contributed by atoms with Crippen LogP contribution >= 0.6 is 0 Å². The Morgan fingerprint density at radius 1 is 1.22 bits per heavy atom. The molecule has 27 heavy (non-hydrogen) atoms. The largest absolute Gasteiger partial charge is 0.454 e. The van der Waals surface area contributed by atoms with E-state index in [1.165, 1.54) is 0 Å². The second-order valence-electron chi connectivity index (χ2n) is 5.97. The lowest BCUT2D eigenvalue weighted by molar-refractivity contribution is -0.115. The van der Waals surface area contributed by atoms with Crippen LogP contribution in [0.5, 0.6) is 11.5 Å². The molecule has 0 aliphatic carbocycles. The molecule has 0 saturated heterocycles. The van der Waals surface area contributed by atoms with Gasteiger partial charge >= 0.3 is 0 Å². The van der Waals surface area contributed by atoms with E-state index in [4.69, 9.17) is 19.2 Å². The fourth-order valence-electron chi connectivity index (χ4n) is 2.78. The van der Waals surface area contributed by atoms with Crippen LogP contribution in [0.4, 0.5) is 5.69 Å². The molecule has 3 aromatic rings. The highest BCUT2D eigenvalue weighted by Gasteiger charge is 2.19. The van der Waals surface area contributed by atoms with Crippen molar-refractivity contribution in [2.24, 2.45) is 0 Å². The molecule has 1 aliphatic rings. The van der Waals surface area contributed by atoms with Crippen molar-refractivity contribution in [3.05, 3.63) is 59.5 Å². The number of amides is 1. The molecule has 0 unspecified atom stereocenters. The van der Waals surface area contributed by atoms with Crippen molar-refractivity contribution in [1.82, 2.24) is 4.98 Å². The van der Waals surface area contributed by atoms with Gasteiger partial charge in [-0.2, -0.15) is 5.26 Å². The molecule has 2 heterocycles. The lowest BCUT2D eigenvalue weighted by Gasteiger charge is -2.05. The van der Waals surface area contributed by atoms with Gasteiger partial charge in [-0.25, -0.2) is 4.98 Å². The number of aryl methyl sites for hydroxylation is 1. The third kappa shape index (κ3) is 3.33. The summed E-state index contributed by atoms with van der Waals surface area (Å²) in [6, 6.07) is 14.3. The average Bonchev–Trinajstić information content (AvgIpc) is 3.28. The number of aromatic nitrogens is 1. The molecule has 7 nitrogen and oxygen atoms in total. The number of benzene rings is 2. The number of hydrogen-bond acceptors (Lipinski definition) is 6. The predicted octanol–water partition coefficient (Wildman–Crippen LogP) is 3.43. The van der Waals surface area contributed by atoms with Gasteiger partial charge in [0.1, 0.15) is 11.8 Å². The Hall–Kier alpha value is -3.79. The summed E-state index contributed by atoms with van der Waals surface area (Å²) >= 11 is 0. The van der Waals surface area contributed by atoms with Crippen molar-refractivity contribution < 1.29 is 18.7 Å². The topological polar surface area (TPSA) is 97.4 Å². The Labute approximate surface area is 155 Å². The van der Waals surface area contributed by atoms with Crippen LogP contribution in [0.3, 0.4) is 0 Å². The van der Waals surface area contributed by atoms with Crippen LogP contribution in [0, 0.1) is 18.3 Å². The Kier molecular flexibility index (Phi) is 4.22. The lowest BCUT2D eigenvalue weighted by atomic mass is 10.2. The maximum atomic E-state index is 12.4. The zero-order chi connectivity index (χ0) is 18.8. The van der Waals surface area contributed by atoms with Crippen LogP contribution < -0.4 is 14.8 Å². The van der Waals surface area contributed by atoms with Crippen LogP contribution in [-0.4, -0.2) is 17.7 Å². The molecule has 0 saturated carbocycles. The molecule has 0 bridgehead atoms. The normalized spacial score (nSPS) is 11.9. The first-order valence-electron chi connectivity index (χ1n) is 8.29. The molecule has 7 heteroatoms. The molecule has 1 aliphatic heterocycles. The number of ether oxygens (including phenoxy) is 2. The van der Waals surface area contributed by atoms with Gasteiger partial charge < -0.3 is 19.2 Å². The number of carbonyl (C=O) groups excluding carboxylic acids is 1. The lowest BCUT2D eigenvalue weighted by Crippen LogP contribution is -2.16. The van der Waals surface area contributed by atoms with E-state index >= 15 is 0 Å².